The van der Waals surface area contributed by atoms with Gasteiger partial charge >= 0.3 is 12.4 Å². The highest BCUT2D eigenvalue weighted by atomic mass is 19.4. The van der Waals surface area contributed by atoms with Crippen molar-refractivity contribution in [2.45, 2.75) is 24.9 Å². The number of ketones is 1. The molecule has 2 saturated heterocycles. The SMILES string of the molecule is CN1CCN(N(Cc2c[nH]c3ccccc23)C(=O)C(C(=O)c2cc(C(F)(F)F)cc(C(F)(F)F)c2)N2CCNCC2)CC1. The summed E-state index contributed by atoms with van der Waals surface area (Å²) in [5, 5.41) is 7.20. The molecule has 14 heteroatoms. The van der Waals surface area contributed by atoms with Crippen molar-refractivity contribution in [1.29, 1.82) is 0 Å². The predicted octanol–water partition coefficient (Wildman–Crippen LogP) is 3.85. The molecule has 1 aromatic heterocycles. The minimum Gasteiger partial charge on any atom is -0.361 e. The second kappa shape index (κ2) is 12.3. The number of rotatable bonds is 7. The van der Waals surface area contributed by atoms with Crippen molar-refractivity contribution < 1.29 is 35.9 Å². The van der Waals surface area contributed by atoms with E-state index in [0.717, 1.165) is 16.5 Å². The molecule has 3 aromatic rings. The number of para-hydroxylation sites is 1. The van der Waals surface area contributed by atoms with Gasteiger partial charge in [0, 0.05) is 75.0 Å². The molecule has 1 atom stereocenters. The zero-order valence-electron chi connectivity index (χ0n) is 23.4. The van der Waals surface area contributed by atoms with Gasteiger partial charge < -0.3 is 15.2 Å². The van der Waals surface area contributed by atoms with Gasteiger partial charge in [-0.3, -0.25) is 19.5 Å². The average Bonchev–Trinajstić information content (AvgIpc) is 3.38. The van der Waals surface area contributed by atoms with Crippen molar-refractivity contribution in [3.05, 3.63) is 70.9 Å². The van der Waals surface area contributed by atoms with Gasteiger partial charge in [-0.05, 0) is 36.9 Å². The first kappa shape index (κ1) is 31.0. The van der Waals surface area contributed by atoms with Crippen LogP contribution in [0.4, 0.5) is 26.3 Å². The van der Waals surface area contributed by atoms with Crippen molar-refractivity contribution in [2.75, 3.05) is 59.4 Å². The van der Waals surface area contributed by atoms with Gasteiger partial charge in [-0.25, -0.2) is 5.01 Å². The predicted molar refractivity (Wildman–Crippen MR) is 147 cm³/mol. The number of hydrogen-bond donors (Lipinski definition) is 2. The molecule has 0 radical (unpaired) electrons. The molecule has 0 aliphatic carbocycles. The zero-order valence-corrected chi connectivity index (χ0v) is 23.4. The molecule has 2 aliphatic heterocycles. The minimum atomic E-state index is -5.13. The first-order chi connectivity index (χ1) is 20.3. The van der Waals surface area contributed by atoms with Gasteiger partial charge in [0.1, 0.15) is 0 Å². The Morgan fingerprint density at radius 1 is 0.884 bits per heavy atom. The highest BCUT2D eigenvalue weighted by molar-refractivity contribution is 6.13. The van der Waals surface area contributed by atoms with E-state index in [9.17, 15) is 35.9 Å². The fraction of sp³-hybridized carbons (Fsp3) is 0.448. The number of halogens is 6. The lowest BCUT2D eigenvalue weighted by atomic mass is 9.96. The maximum Gasteiger partial charge on any atom is 0.416 e. The molecule has 1 amide bonds. The van der Waals surface area contributed by atoms with Crippen LogP contribution in [-0.4, -0.2) is 102 Å². The van der Waals surface area contributed by atoms with Crippen LogP contribution in [0.1, 0.15) is 27.0 Å². The Balaban J connectivity index is 1.57. The van der Waals surface area contributed by atoms with Crippen LogP contribution < -0.4 is 5.32 Å². The number of likely N-dealkylation sites (N-methyl/N-ethyl adjacent to an activating group) is 1. The summed E-state index contributed by atoms with van der Waals surface area (Å²) in [4.78, 5) is 35.3. The Bertz CT molecular complexity index is 1430. The number of piperazine rings is 2. The first-order valence-corrected chi connectivity index (χ1v) is 13.9. The fourth-order valence-corrected chi connectivity index (χ4v) is 5.55. The number of fused-ring (bicyclic) bond motifs is 1. The van der Waals surface area contributed by atoms with E-state index in [1.54, 1.807) is 11.2 Å². The molecule has 5 rings (SSSR count). The normalized spacial score (nSPS) is 18.6. The lowest BCUT2D eigenvalue weighted by Gasteiger charge is -2.43. The number of benzene rings is 2. The van der Waals surface area contributed by atoms with Gasteiger partial charge in [0.05, 0.1) is 17.7 Å². The molecule has 2 fully saturated rings. The number of aromatic amines is 1. The molecule has 232 valence electrons. The van der Waals surface area contributed by atoms with Gasteiger partial charge in [0.2, 0.25) is 0 Å². The number of nitrogens with one attached hydrogen (secondary N) is 2. The molecule has 2 aromatic carbocycles. The zero-order chi connectivity index (χ0) is 30.9. The summed E-state index contributed by atoms with van der Waals surface area (Å²) >= 11 is 0. The molecular formula is C29H32F6N6O2. The number of Topliss-reactive ketones (excluding diaryl/α,β-unsaturated/α-hetero) is 1. The quantitative estimate of drug-likeness (QED) is 0.241. The second-order valence-electron chi connectivity index (χ2n) is 10.9. The van der Waals surface area contributed by atoms with Gasteiger partial charge in [0.25, 0.3) is 5.91 Å². The highest BCUT2D eigenvalue weighted by Gasteiger charge is 2.42. The third-order valence-corrected chi connectivity index (χ3v) is 7.94. The number of amides is 1. The van der Waals surface area contributed by atoms with E-state index in [0.29, 0.717) is 51.4 Å². The highest BCUT2D eigenvalue weighted by Crippen LogP contribution is 2.37. The minimum absolute atomic E-state index is 0.0219. The van der Waals surface area contributed by atoms with Crippen LogP contribution in [0.2, 0.25) is 0 Å². The third-order valence-electron chi connectivity index (χ3n) is 7.94. The molecular weight excluding hydrogens is 578 g/mol. The standard InChI is InChI=1S/C29H32F6N6O2/c1-38-10-12-40(13-11-38)41(18-20-17-37-24-5-3-2-4-23(20)24)27(43)25(39-8-6-36-7-9-39)26(42)19-14-21(28(30,31)32)16-22(15-19)29(33,34)35/h2-5,14-17,25,36-37H,6-13,18H2,1H3. The first-order valence-electron chi connectivity index (χ1n) is 13.9. The van der Waals surface area contributed by atoms with E-state index in [-0.39, 0.29) is 25.7 Å². The fourth-order valence-electron chi connectivity index (χ4n) is 5.55. The number of carbonyl (C=O) groups is 2. The molecule has 0 spiro atoms. The molecule has 43 heavy (non-hydrogen) atoms. The summed E-state index contributed by atoms with van der Waals surface area (Å²) < 4.78 is 82.0. The summed E-state index contributed by atoms with van der Waals surface area (Å²) in [6.45, 7) is 3.37. The molecule has 8 nitrogen and oxygen atoms in total. The van der Waals surface area contributed by atoms with Crippen LogP contribution in [0.25, 0.3) is 10.9 Å². The van der Waals surface area contributed by atoms with Crippen molar-refractivity contribution in [1.82, 2.24) is 30.1 Å². The number of nitrogens with zero attached hydrogens (tertiary/aromatic N) is 4. The summed E-state index contributed by atoms with van der Waals surface area (Å²) in [5.74, 6) is -1.81. The summed E-state index contributed by atoms with van der Waals surface area (Å²) in [5.41, 5.74) is -2.43. The van der Waals surface area contributed by atoms with Crippen molar-refractivity contribution in [2.24, 2.45) is 0 Å². The van der Waals surface area contributed by atoms with Gasteiger partial charge in [-0.15, -0.1) is 0 Å². The smallest absolute Gasteiger partial charge is 0.361 e. The second-order valence-corrected chi connectivity index (χ2v) is 10.9. The summed E-state index contributed by atoms with van der Waals surface area (Å²) in [6.07, 6.45) is -8.51. The molecule has 3 heterocycles. The molecule has 1 unspecified atom stereocenters. The lowest BCUT2D eigenvalue weighted by Crippen LogP contribution is -2.62. The van der Waals surface area contributed by atoms with E-state index < -0.39 is 46.8 Å². The van der Waals surface area contributed by atoms with Gasteiger partial charge in [-0.2, -0.15) is 26.3 Å². The van der Waals surface area contributed by atoms with Crippen molar-refractivity contribution in [3.8, 4) is 0 Å². The number of aromatic nitrogens is 1. The van der Waals surface area contributed by atoms with E-state index >= 15 is 0 Å². The number of hydrogen-bond acceptors (Lipinski definition) is 6. The molecule has 2 N–H and O–H groups in total. The van der Waals surface area contributed by atoms with Gasteiger partial charge in [-0.1, -0.05) is 18.2 Å². The maximum absolute atomic E-state index is 14.5. The summed E-state index contributed by atoms with van der Waals surface area (Å²) in [6, 6.07) is 6.62. The van der Waals surface area contributed by atoms with E-state index in [1.807, 2.05) is 31.3 Å². The summed E-state index contributed by atoms with van der Waals surface area (Å²) in [7, 11) is 1.93. The third kappa shape index (κ3) is 6.87. The van der Waals surface area contributed by atoms with Crippen LogP contribution in [0.15, 0.2) is 48.7 Å². The van der Waals surface area contributed by atoms with Crippen LogP contribution >= 0.6 is 0 Å². The van der Waals surface area contributed by atoms with Crippen molar-refractivity contribution in [3.63, 3.8) is 0 Å². The Morgan fingerprint density at radius 2 is 1.49 bits per heavy atom. The van der Waals surface area contributed by atoms with E-state index in [1.165, 1.54) is 9.91 Å². The molecule has 0 saturated carbocycles. The number of H-pyrrole nitrogens is 1. The van der Waals surface area contributed by atoms with Gasteiger partial charge in [0.15, 0.2) is 11.8 Å². The van der Waals surface area contributed by atoms with Crippen LogP contribution in [-0.2, 0) is 23.7 Å². The maximum atomic E-state index is 14.5. The number of carbonyl (C=O) groups excluding carboxylic acids is 2. The van der Waals surface area contributed by atoms with E-state index in [2.05, 4.69) is 15.2 Å². The van der Waals surface area contributed by atoms with E-state index in [4.69, 9.17) is 0 Å². The lowest BCUT2D eigenvalue weighted by molar-refractivity contribution is -0.158. The largest absolute Gasteiger partial charge is 0.416 e. The Labute approximate surface area is 244 Å². The topological polar surface area (TPSA) is 74.9 Å². The average molecular weight is 611 g/mol. The van der Waals surface area contributed by atoms with Crippen LogP contribution in [0.5, 0.6) is 0 Å². The Morgan fingerprint density at radius 3 is 2.09 bits per heavy atom. The molecule has 2 aliphatic rings. The number of hydrazine groups is 1. The van der Waals surface area contributed by atoms with Crippen LogP contribution in [0.3, 0.4) is 0 Å². The number of alkyl halides is 6. The monoisotopic (exact) mass is 610 g/mol. The Hall–Kier alpha value is -3.46. The van der Waals surface area contributed by atoms with Crippen LogP contribution in [0, 0.1) is 0 Å². The molecule has 0 bridgehead atoms. The van der Waals surface area contributed by atoms with Crippen molar-refractivity contribution >= 4 is 22.6 Å². The Kier molecular flexibility index (Phi) is 8.84.